The highest BCUT2D eigenvalue weighted by molar-refractivity contribution is 7.00. The Morgan fingerprint density at radius 2 is 0.571 bits per heavy atom. The van der Waals surface area contributed by atoms with E-state index in [0.29, 0.717) is 34.9 Å². The molecule has 5 heterocycles. The number of para-hydroxylation sites is 2. The molecule has 14 aromatic rings. The van der Waals surface area contributed by atoms with Gasteiger partial charge in [0.15, 0.2) is 34.9 Å². The quantitative estimate of drug-likeness (QED) is 0.132. The highest BCUT2D eigenvalue weighted by Gasteiger charge is 2.45. The summed E-state index contributed by atoms with van der Waals surface area (Å²) in [6.07, 6.45) is 0. The fourth-order valence-corrected chi connectivity index (χ4v) is 14.4. The maximum atomic E-state index is 5.51. The van der Waals surface area contributed by atoms with Gasteiger partial charge in [-0.15, -0.1) is 0 Å². The average Bonchev–Trinajstić information content (AvgIpc) is 1.26. The van der Waals surface area contributed by atoms with Gasteiger partial charge in [-0.3, -0.25) is 0 Å². The highest BCUT2D eigenvalue weighted by Crippen LogP contribution is 2.50. The minimum Gasteiger partial charge on any atom is -0.311 e. The largest absolute Gasteiger partial charge is 0.311 e. The summed E-state index contributed by atoms with van der Waals surface area (Å²) < 4.78 is 2.47. The summed E-state index contributed by atoms with van der Waals surface area (Å²) in [6, 6.07) is 92.2. The van der Waals surface area contributed by atoms with Crippen LogP contribution in [0.25, 0.3) is 95.8 Å². The van der Waals surface area contributed by atoms with Crippen molar-refractivity contribution in [3.63, 3.8) is 0 Å². The molecule has 10 heteroatoms. The minimum atomic E-state index is -0.167. The third-order valence-electron chi connectivity index (χ3n) is 19.7. The Morgan fingerprint density at radius 3 is 0.888 bits per heavy atom. The summed E-state index contributed by atoms with van der Waals surface area (Å²) in [5.74, 6) is 3.39. The Bertz CT molecular complexity index is 4960. The predicted molar refractivity (Wildman–Crippen MR) is 409 cm³/mol. The van der Waals surface area contributed by atoms with Gasteiger partial charge >= 0.3 is 0 Å². The van der Waals surface area contributed by atoms with E-state index in [1.165, 1.54) is 38.6 Å². The molecular weight excluding hydrogens is 1190 g/mol. The van der Waals surface area contributed by atoms with E-state index in [2.05, 4.69) is 279 Å². The van der Waals surface area contributed by atoms with Crippen LogP contribution in [0.15, 0.2) is 255 Å². The van der Waals surface area contributed by atoms with Crippen LogP contribution in [-0.2, 0) is 21.7 Å². The van der Waals surface area contributed by atoms with E-state index >= 15 is 0 Å². The van der Waals surface area contributed by atoms with Crippen molar-refractivity contribution in [2.24, 2.45) is 0 Å². The van der Waals surface area contributed by atoms with Crippen molar-refractivity contribution in [3.8, 4) is 74.0 Å². The van der Waals surface area contributed by atoms with Crippen molar-refractivity contribution < 1.29 is 0 Å². The van der Waals surface area contributed by atoms with Crippen molar-refractivity contribution in [2.45, 2.75) is 105 Å². The van der Waals surface area contributed by atoms with Gasteiger partial charge in [-0.05, 0) is 121 Å². The first-order chi connectivity index (χ1) is 47.1. The molecule has 0 saturated heterocycles. The van der Waals surface area contributed by atoms with Crippen molar-refractivity contribution >= 4 is 79.0 Å². The summed E-state index contributed by atoms with van der Waals surface area (Å²) in [5.41, 5.74) is 23.0. The lowest BCUT2D eigenvalue weighted by molar-refractivity contribution is 0.590. The fourth-order valence-electron chi connectivity index (χ4n) is 14.4. The van der Waals surface area contributed by atoms with Crippen LogP contribution in [0.2, 0.25) is 0 Å². The van der Waals surface area contributed by atoms with Gasteiger partial charge in [0.1, 0.15) is 0 Å². The van der Waals surface area contributed by atoms with Crippen LogP contribution < -0.4 is 26.2 Å². The topological polar surface area (TPSA) is 88.8 Å². The number of fused-ring (bicyclic) bond motifs is 7. The van der Waals surface area contributed by atoms with Gasteiger partial charge in [0.2, 0.25) is 0 Å². The number of anilines is 6. The van der Waals surface area contributed by atoms with Gasteiger partial charge < -0.3 is 14.4 Å². The molecule has 16 rings (SSSR count). The molecule has 11 aromatic carbocycles. The third-order valence-corrected chi connectivity index (χ3v) is 19.7. The minimum absolute atomic E-state index is 0.0713. The molecule has 0 bridgehead atoms. The van der Waals surface area contributed by atoms with Crippen LogP contribution >= 0.6 is 0 Å². The normalized spacial score (nSPS) is 13.0. The molecule has 0 radical (unpaired) electrons. The lowest BCUT2D eigenvalue weighted by Gasteiger charge is -2.45. The molecule has 0 amide bonds. The van der Waals surface area contributed by atoms with Crippen LogP contribution in [0.5, 0.6) is 0 Å². The monoisotopic (exact) mass is 1270 g/mol. The lowest BCUT2D eigenvalue weighted by Crippen LogP contribution is -2.61. The maximum absolute atomic E-state index is 5.51. The summed E-state index contributed by atoms with van der Waals surface area (Å²) in [4.78, 5) is 37.6. The SMILES string of the molecule is CC(C)(C)c1ccc(N2c3ccc(C(C)(C)C)cc3B3c4cc(C(C)(C)C)ccc4N(c4ccc(C(C)(C)C)cc4)c4cc(-n5c6c(-c7nc(-c8ccccc8)nc(-c8ccccc8)n7)cccc6c6cccc(-c7nc(-c8ccccc8)nc(-c8ccccc8)n7)c65)cc2c43)cc1. The number of rotatable bonds is 9. The first-order valence-corrected chi connectivity index (χ1v) is 34.2. The van der Waals surface area contributed by atoms with Gasteiger partial charge in [0, 0.05) is 78.3 Å². The Labute approximate surface area is 575 Å². The van der Waals surface area contributed by atoms with Gasteiger partial charge in [-0.1, -0.05) is 277 Å². The molecule has 2 aliphatic heterocycles. The fraction of sp³-hybridized carbons (Fsp3) is 0.182. The van der Waals surface area contributed by atoms with Crippen molar-refractivity contribution in [1.29, 1.82) is 0 Å². The number of hydrogen-bond donors (Lipinski definition) is 0. The van der Waals surface area contributed by atoms with Crippen molar-refractivity contribution in [3.05, 3.63) is 277 Å². The van der Waals surface area contributed by atoms with E-state index in [9.17, 15) is 0 Å². The van der Waals surface area contributed by atoms with Crippen LogP contribution in [0.3, 0.4) is 0 Å². The average molecular weight is 1270 g/mol. The van der Waals surface area contributed by atoms with E-state index < -0.39 is 0 Å². The van der Waals surface area contributed by atoms with Crippen LogP contribution in [-0.4, -0.2) is 41.2 Å². The standard InChI is InChI=1S/C88H78BN9/c1-85(2,3)59-39-45-63(46-40-59)96-72-49-43-61(87(7,8)9)51-70(72)89-71-52-62(88(10,11)12)44-50-73(71)97(64-47-41-60(42-48-64)86(4,5)6)75-54-65(53-74(96)76(75)89)98-77-66(35-25-37-68(77)83-92-79(55-27-17-13-18-28-55)90-80(93-83)56-29-19-14-20-30-56)67-36-26-38-69(78(67)98)84-94-81(57-31-21-15-22-32-57)91-82(95-84)58-33-23-16-24-34-58/h13-54H,1-12H3. The van der Waals surface area contributed by atoms with Gasteiger partial charge in [0.05, 0.1) is 16.7 Å². The molecule has 98 heavy (non-hydrogen) atoms. The van der Waals surface area contributed by atoms with E-state index in [0.717, 1.165) is 95.0 Å². The van der Waals surface area contributed by atoms with Crippen LogP contribution in [0.4, 0.5) is 34.1 Å². The molecule has 0 unspecified atom stereocenters. The molecule has 0 saturated carbocycles. The Hall–Kier alpha value is -11.1. The first-order valence-electron chi connectivity index (χ1n) is 34.2. The molecule has 0 fully saturated rings. The van der Waals surface area contributed by atoms with Crippen molar-refractivity contribution in [2.75, 3.05) is 9.80 Å². The number of benzene rings is 11. The zero-order valence-corrected chi connectivity index (χ0v) is 57.9. The molecule has 9 nitrogen and oxygen atoms in total. The third kappa shape index (κ3) is 10.8. The van der Waals surface area contributed by atoms with Gasteiger partial charge in [0.25, 0.3) is 6.71 Å². The second kappa shape index (κ2) is 23.3. The smallest absolute Gasteiger partial charge is 0.252 e. The van der Waals surface area contributed by atoms with Crippen LogP contribution in [0.1, 0.15) is 105 Å². The zero-order valence-electron chi connectivity index (χ0n) is 57.9. The zero-order chi connectivity index (χ0) is 67.6. The molecule has 2 aliphatic rings. The van der Waals surface area contributed by atoms with E-state index in [-0.39, 0.29) is 28.4 Å². The van der Waals surface area contributed by atoms with Crippen molar-refractivity contribution in [1.82, 2.24) is 34.5 Å². The molecule has 478 valence electrons. The summed E-state index contributed by atoms with van der Waals surface area (Å²) in [5, 5.41) is 2.02. The summed E-state index contributed by atoms with van der Waals surface area (Å²) in [6.45, 7) is 27.6. The van der Waals surface area contributed by atoms with E-state index in [1.807, 2.05) is 72.8 Å². The molecule has 0 atom stereocenters. The lowest BCUT2D eigenvalue weighted by atomic mass is 9.33. The maximum Gasteiger partial charge on any atom is 0.252 e. The molecule has 3 aromatic heterocycles. The number of hydrogen-bond acceptors (Lipinski definition) is 8. The second-order valence-corrected chi connectivity index (χ2v) is 30.5. The number of nitrogens with zero attached hydrogens (tertiary/aromatic N) is 9. The number of aromatic nitrogens is 7. The Balaban J connectivity index is 1.08. The summed E-state index contributed by atoms with van der Waals surface area (Å²) in [7, 11) is 0. The molecule has 0 aliphatic carbocycles. The van der Waals surface area contributed by atoms with E-state index in [4.69, 9.17) is 29.9 Å². The van der Waals surface area contributed by atoms with Gasteiger partial charge in [-0.25, -0.2) is 29.9 Å². The second-order valence-electron chi connectivity index (χ2n) is 30.5. The first kappa shape index (κ1) is 61.8. The Morgan fingerprint density at radius 1 is 0.265 bits per heavy atom. The summed E-state index contributed by atoms with van der Waals surface area (Å²) >= 11 is 0. The highest BCUT2D eigenvalue weighted by atomic mass is 15.2. The van der Waals surface area contributed by atoms with Gasteiger partial charge in [-0.2, -0.15) is 0 Å². The molecule has 0 spiro atoms. The van der Waals surface area contributed by atoms with Crippen LogP contribution in [0, 0.1) is 0 Å². The molecule has 0 N–H and O–H groups in total. The Kier molecular flexibility index (Phi) is 14.7. The van der Waals surface area contributed by atoms with E-state index in [1.54, 1.807) is 0 Å². The predicted octanol–water partition coefficient (Wildman–Crippen LogP) is 20.4. The molecular formula is C88H78BN9.